The fraction of sp³-hybridized carbons (Fsp3) is 0.800. The number of hydrogen-bond acceptors (Lipinski definition) is 2. The second-order valence-corrected chi connectivity index (χ2v) is 3.83. The molecule has 2 nitrogen and oxygen atoms in total. The highest BCUT2D eigenvalue weighted by atomic mass is 16.5. The van der Waals surface area contributed by atoms with E-state index in [1.807, 2.05) is 6.92 Å². The number of ether oxygens (including phenoxy) is 1. The maximum Gasteiger partial charge on any atom is 0.0658 e. The first-order chi connectivity index (χ1) is 5.83. The van der Waals surface area contributed by atoms with E-state index in [0.29, 0.717) is 0 Å². The molecule has 2 fully saturated rings. The average Bonchev–Trinajstić information content (AvgIpc) is 2.55. The summed E-state index contributed by atoms with van der Waals surface area (Å²) < 4.78 is 5.30. The molecule has 1 saturated carbocycles. The van der Waals surface area contributed by atoms with E-state index in [4.69, 9.17) is 11.2 Å². The summed E-state index contributed by atoms with van der Waals surface area (Å²) in [6.07, 6.45) is 5.26. The third kappa shape index (κ3) is 1.35. The molecule has 1 N–H and O–H groups in total. The highest BCUT2D eigenvalue weighted by Gasteiger charge is 2.53. The Labute approximate surface area is 73.7 Å². The summed E-state index contributed by atoms with van der Waals surface area (Å²) in [6.45, 7) is 5.04. The zero-order chi connectivity index (χ0) is 8.55. The minimum atomic E-state index is 0.215. The maximum absolute atomic E-state index is 5.30. The van der Waals surface area contributed by atoms with Crippen LogP contribution in [0.4, 0.5) is 0 Å². The lowest BCUT2D eigenvalue weighted by atomic mass is 10.2. The fourth-order valence-corrected chi connectivity index (χ4v) is 2.03. The number of terminal acetylenes is 1. The van der Waals surface area contributed by atoms with Crippen molar-refractivity contribution in [2.24, 2.45) is 17.8 Å². The van der Waals surface area contributed by atoms with Crippen molar-refractivity contribution in [1.29, 1.82) is 0 Å². The van der Waals surface area contributed by atoms with Crippen molar-refractivity contribution in [2.75, 3.05) is 19.8 Å². The number of rotatable bonds is 3. The lowest BCUT2D eigenvalue weighted by Crippen LogP contribution is -2.27. The Morgan fingerprint density at radius 3 is 2.83 bits per heavy atom. The van der Waals surface area contributed by atoms with E-state index in [2.05, 4.69) is 11.2 Å². The van der Waals surface area contributed by atoms with E-state index >= 15 is 0 Å². The van der Waals surface area contributed by atoms with Crippen LogP contribution in [0.15, 0.2) is 0 Å². The van der Waals surface area contributed by atoms with Crippen LogP contribution < -0.4 is 5.32 Å². The molecule has 3 atom stereocenters. The van der Waals surface area contributed by atoms with Crippen LogP contribution in [0.1, 0.15) is 6.92 Å². The molecule has 66 valence electrons. The largest absolute Gasteiger partial charge is 0.381 e. The molecule has 2 heteroatoms. The Morgan fingerprint density at radius 2 is 2.25 bits per heavy atom. The Kier molecular flexibility index (Phi) is 2.08. The zero-order valence-corrected chi connectivity index (χ0v) is 7.42. The van der Waals surface area contributed by atoms with Gasteiger partial charge in [-0.05, 0) is 31.2 Å². The van der Waals surface area contributed by atoms with Gasteiger partial charge in [-0.25, -0.2) is 0 Å². The molecule has 1 aliphatic heterocycles. The first kappa shape index (κ1) is 8.10. The van der Waals surface area contributed by atoms with Crippen molar-refractivity contribution in [3.8, 4) is 12.3 Å². The zero-order valence-electron chi connectivity index (χ0n) is 7.42. The monoisotopic (exact) mass is 165 g/mol. The summed E-state index contributed by atoms with van der Waals surface area (Å²) in [6, 6.07) is 0.215. The Morgan fingerprint density at radius 1 is 1.58 bits per heavy atom. The summed E-state index contributed by atoms with van der Waals surface area (Å²) in [5.74, 6) is 5.18. The number of nitrogens with one attached hydrogen (secondary N) is 1. The summed E-state index contributed by atoms with van der Waals surface area (Å²) in [5, 5.41) is 3.33. The van der Waals surface area contributed by atoms with Crippen LogP contribution >= 0.6 is 0 Å². The molecule has 12 heavy (non-hydrogen) atoms. The van der Waals surface area contributed by atoms with Gasteiger partial charge in [0.2, 0.25) is 0 Å². The van der Waals surface area contributed by atoms with Gasteiger partial charge in [0, 0.05) is 0 Å². The molecular formula is C10H15NO. The van der Waals surface area contributed by atoms with Crippen LogP contribution in [0.3, 0.4) is 0 Å². The van der Waals surface area contributed by atoms with Crippen molar-refractivity contribution in [2.45, 2.75) is 13.0 Å². The van der Waals surface area contributed by atoms with Gasteiger partial charge in [0.25, 0.3) is 0 Å². The fourth-order valence-electron chi connectivity index (χ4n) is 2.03. The Bertz CT molecular complexity index is 198. The van der Waals surface area contributed by atoms with Gasteiger partial charge in [-0.15, -0.1) is 6.42 Å². The third-order valence-corrected chi connectivity index (χ3v) is 3.04. The molecule has 0 aromatic rings. The second-order valence-electron chi connectivity index (χ2n) is 3.83. The van der Waals surface area contributed by atoms with Gasteiger partial charge in [-0.2, -0.15) is 0 Å². The predicted molar refractivity (Wildman–Crippen MR) is 47.6 cm³/mol. The predicted octanol–water partition coefficient (Wildman–Crippen LogP) is 0.490. The minimum Gasteiger partial charge on any atom is -0.381 e. The Hall–Kier alpha value is -0.520. The summed E-state index contributed by atoms with van der Waals surface area (Å²) in [4.78, 5) is 0. The lowest BCUT2D eigenvalue weighted by molar-refractivity contribution is 0.150. The van der Waals surface area contributed by atoms with Gasteiger partial charge >= 0.3 is 0 Å². The Balaban J connectivity index is 1.67. The van der Waals surface area contributed by atoms with Gasteiger partial charge in [0.1, 0.15) is 0 Å². The highest BCUT2D eigenvalue weighted by molar-refractivity contribution is 5.03. The van der Waals surface area contributed by atoms with Gasteiger partial charge in [0.15, 0.2) is 0 Å². The van der Waals surface area contributed by atoms with Crippen LogP contribution in [0.5, 0.6) is 0 Å². The van der Waals surface area contributed by atoms with E-state index in [9.17, 15) is 0 Å². The first-order valence-corrected chi connectivity index (χ1v) is 4.60. The molecular weight excluding hydrogens is 150 g/mol. The topological polar surface area (TPSA) is 21.3 Å². The summed E-state index contributed by atoms with van der Waals surface area (Å²) >= 11 is 0. The molecule has 0 amide bonds. The van der Waals surface area contributed by atoms with Gasteiger partial charge in [0.05, 0.1) is 19.3 Å². The second kappa shape index (κ2) is 3.08. The molecule has 2 aliphatic rings. The molecule has 0 spiro atoms. The molecule has 0 aromatic heterocycles. The van der Waals surface area contributed by atoms with Crippen LogP contribution in [-0.2, 0) is 4.74 Å². The average molecular weight is 165 g/mol. The molecule has 0 bridgehead atoms. The molecule has 1 heterocycles. The molecule has 1 aliphatic carbocycles. The van der Waals surface area contributed by atoms with Gasteiger partial charge < -0.3 is 10.1 Å². The molecule has 1 saturated heterocycles. The van der Waals surface area contributed by atoms with E-state index in [1.165, 1.54) is 0 Å². The lowest BCUT2D eigenvalue weighted by Gasteiger charge is -2.08. The third-order valence-electron chi connectivity index (χ3n) is 3.04. The molecule has 0 aromatic carbocycles. The van der Waals surface area contributed by atoms with E-state index in [0.717, 1.165) is 37.5 Å². The normalized spacial score (nSPS) is 40.2. The standard InChI is InChI=1S/C10H15NO/c1-3-7(2)11-4-8-9-5-12-6-10(8)9/h1,7-11H,4-6H2,2H3. The van der Waals surface area contributed by atoms with E-state index < -0.39 is 0 Å². The van der Waals surface area contributed by atoms with Crippen LogP contribution in [0.2, 0.25) is 0 Å². The minimum absolute atomic E-state index is 0.215. The van der Waals surface area contributed by atoms with E-state index in [1.54, 1.807) is 0 Å². The van der Waals surface area contributed by atoms with E-state index in [-0.39, 0.29) is 6.04 Å². The quantitative estimate of drug-likeness (QED) is 0.614. The maximum atomic E-state index is 5.30. The highest BCUT2D eigenvalue weighted by Crippen LogP contribution is 2.50. The van der Waals surface area contributed by atoms with Crippen LogP contribution in [0.25, 0.3) is 0 Å². The van der Waals surface area contributed by atoms with Crippen LogP contribution in [0, 0.1) is 30.1 Å². The molecule has 2 rings (SSSR count). The summed E-state index contributed by atoms with van der Waals surface area (Å²) in [5.41, 5.74) is 0. The number of fused-ring (bicyclic) bond motifs is 1. The number of hydrogen-bond donors (Lipinski definition) is 1. The first-order valence-electron chi connectivity index (χ1n) is 4.60. The molecule has 3 unspecified atom stereocenters. The molecule has 0 radical (unpaired) electrons. The van der Waals surface area contributed by atoms with Crippen LogP contribution in [-0.4, -0.2) is 25.8 Å². The van der Waals surface area contributed by atoms with Crippen molar-refractivity contribution >= 4 is 0 Å². The van der Waals surface area contributed by atoms with Crippen molar-refractivity contribution in [1.82, 2.24) is 5.32 Å². The smallest absolute Gasteiger partial charge is 0.0658 e. The van der Waals surface area contributed by atoms with Crippen molar-refractivity contribution in [3.05, 3.63) is 0 Å². The van der Waals surface area contributed by atoms with Gasteiger partial charge in [-0.3, -0.25) is 0 Å². The SMILES string of the molecule is C#CC(C)NCC1C2COCC12. The summed E-state index contributed by atoms with van der Waals surface area (Å²) in [7, 11) is 0. The van der Waals surface area contributed by atoms with Crippen molar-refractivity contribution < 1.29 is 4.74 Å². The van der Waals surface area contributed by atoms with Crippen molar-refractivity contribution in [3.63, 3.8) is 0 Å². The van der Waals surface area contributed by atoms with Gasteiger partial charge in [-0.1, -0.05) is 5.92 Å².